The molecule has 1 aromatic rings. The minimum Gasteiger partial charge on any atom is -0.392 e. The summed E-state index contributed by atoms with van der Waals surface area (Å²) in [6.07, 6.45) is 3.00. The molecule has 1 aliphatic rings. The molecule has 88 valence electrons. The topological polar surface area (TPSA) is 32.3 Å². The SMILES string of the molecule is Cc1ccc(CNC2CCCC2O)c(Br)c1. The van der Waals surface area contributed by atoms with E-state index in [1.807, 2.05) is 0 Å². The van der Waals surface area contributed by atoms with E-state index in [1.54, 1.807) is 0 Å². The van der Waals surface area contributed by atoms with Crippen LogP contribution in [0.3, 0.4) is 0 Å². The van der Waals surface area contributed by atoms with Gasteiger partial charge >= 0.3 is 0 Å². The monoisotopic (exact) mass is 283 g/mol. The van der Waals surface area contributed by atoms with Crippen molar-refractivity contribution in [3.8, 4) is 0 Å². The zero-order valence-electron chi connectivity index (χ0n) is 9.54. The minimum absolute atomic E-state index is 0.163. The van der Waals surface area contributed by atoms with Crippen molar-refractivity contribution >= 4 is 15.9 Å². The van der Waals surface area contributed by atoms with Crippen molar-refractivity contribution in [1.29, 1.82) is 0 Å². The molecule has 1 aliphatic carbocycles. The molecule has 1 saturated carbocycles. The Labute approximate surface area is 105 Å². The Hall–Kier alpha value is -0.380. The summed E-state index contributed by atoms with van der Waals surface area (Å²) in [5, 5.41) is 13.1. The Morgan fingerprint density at radius 3 is 2.88 bits per heavy atom. The van der Waals surface area contributed by atoms with Crippen LogP contribution in [0.4, 0.5) is 0 Å². The van der Waals surface area contributed by atoms with E-state index in [9.17, 15) is 5.11 Å². The highest BCUT2D eigenvalue weighted by molar-refractivity contribution is 9.10. The van der Waals surface area contributed by atoms with Crippen molar-refractivity contribution in [2.24, 2.45) is 0 Å². The van der Waals surface area contributed by atoms with E-state index in [1.165, 1.54) is 11.1 Å². The van der Waals surface area contributed by atoms with Crippen LogP contribution in [0.1, 0.15) is 30.4 Å². The zero-order valence-corrected chi connectivity index (χ0v) is 11.1. The van der Waals surface area contributed by atoms with Crippen LogP contribution in [-0.2, 0) is 6.54 Å². The second-order valence-corrected chi connectivity index (χ2v) is 5.43. The molecule has 16 heavy (non-hydrogen) atoms. The first-order valence-corrected chi connectivity index (χ1v) is 6.62. The summed E-state index contributed by atoms with van der Waals surface area (Å²) in [7, 11) is 0. The average Bonchev–Trinajstić information content (AvgIpc) is 2.63. The van der Waals surface area contributed by atoms with Gasteiger partial charge in [0.25, 0.3) is 0 Å². The first-order chi connectivity index (χ1) is 7.66. The Morgan fingerprint density at radius 1 is 1.44 bits per heavy atom. The van der Waals surface area contributed by atoms with Crippen molar-refractivity contribution in [2.45, 2.75) is 44.9 Å². The van der Waals surface area contributed by atoms with Crippen molar-refractivity contribution in [2.75, 3.05) is 0 Å². The highest BCUT2D eigenvalue weighted by Gasteiger charge is 2.24. The molecule has 3 heteroatoms. The number of rotatable bonds is 3. The molecule has 0 aromatic heterocycles. The lowest BCUT2D eigenvalue weighted by atomic mass is 10.1. The van der Waals surface area contributed by atoms with Crippen molar-refractivity contribution < 1.29 is 5.11 Å². The molecule has 1 fully saturated rings. The number of nitrogens with one attached hydrogen (secondary N) is 1. The highest BCUT2D eigenvalue weighted by Crippen LogP contribution is 2.21. The van der Waals surface area contributed by atoms with Crippen LogP contribution in [0.15, 0.2) is 22.7 Å². The van der Waals surface area contributed by atoms with E-state index in [2.05, 4.69) is 46.4 Å². The summed E-state index contributed by atoms with van der Waals surface area (Å²) in [6, 6.07) is 6.65. The summed E-state index contributed by atoms with van der Waals surface area (Å²) < 4.78 is 1.15. The molecule has 1 aromatic carbocycles. The third kappa shape index (κ3) is 2.84. The molecule has 0 aliphatic heterocycles. The van der Waals surface area contributed by atoms with Gasteiger partial charge in [0.2, 0.25) is 0 Å². The van der Waals surface area contributed by atoms with Crippen molar-refractivity contribution in [3.05, 3.63) is 33.8 Å². The van der Waals surface area contributed by atoms with Crippen LogP contribution < -0.4 is 5.32 Å². The molecule has 0 amide bonds. The van der Waals surface area contributed by atoms with Gasteiger partial charge in [0, 0.05) is 17.1 Å². The average molecular weight is 284 g/mol. The quantitative estimate of drug-likeness (QED) is 0.894. The van der Waals surface area contributed by atoms with Crippen LogP contribution >= 0.6 is 15.9 Å². The fraction of sp³-hybridized carbons (Fsp3) is 0.538. The highest BCUT2D eigenvalue weighted by atomic mass is 79.9. The van der Waals surface area contributed by atoms with Gasteiger partial charge in [0.1, 0.15) is 0 Å². The number of aryl methyl sites for hydroxylation is 1. The Balaban J connectivity index is 1.94. The second kappa shape index (κ2) is 5.30. The zero-order chi connectivity index (χ0) is 11.5. The van der Waals surface area contributed by atoms with Gasteiger partial charge in [-0.1, -0.05) is 28.1 Å². The van der Waals surface area contributed by atoms with Crippen LogP contribution in [-0.4, -0.2) is 17.3 Å². The fourth-order valence-corrected chi connectivity index (χ4v) is 2.85. The molecule has 2 atom stereocenters. The predicted molar refractivity (Wildman–Crippen MR) is 69.4 cm³/mol. The van der Waals surface area contributed by atoms with Gasteiger partial charge in [-0.25, -0.2) is 0 Å². The molecule has 2 N–H and O–H groups in total. The Kier molecular flexibility index (Phi) is 4.00. The summed E-state index contributed by atoms with van der Waals surface area (Å²) in [6.45, 7) is 2.91. The molecule has 2 rings (SSSR count). The maximum Gasteiger partial charge on any atom is 0.0693 e. The van der Waals surface area contributed by atoms with Gasteiger partial charge in [-0.2, -0.15) is 0 Å². The van der Waals surface area contributed by atoms with E-state index in [0.717, 1.165) is 30.3 Å². The predicted octanol–water partition coefficient (Wildman–Crippen LogP) is 2.76. The molecular formula is C13H18BrNO. The molecule has 2 nitrogen and oxygen atoms in total. The third-order valence-electron chi connectivity index (χ3n) is 3.24. The molecule has 0 heterocycles. The molecule has 0 saturated heterocycles. The van der Waals surface area contributed by atoms with Gasteiger partial charge in [-0.3, -0.25) is 0 Å². The lowest BCUT2D eigenvalue weighted by Crippen LogP contribution is -2.35. The molecule has 2 unspecified atom stereocenters. The summed E-state index contributed by atoms with van der Waals surface area (Å²) in [5.41, 5.74) is 2.52. The fourth-order valence-electron chi connectivity index (χ4n) is 2.22. The summed E-state index contributed by atoms with van der Waals surface area (Å²) in [5.74, 6) is 0. The van der Waals surface area contributed by atoms with Gasteiger partial charge in [-0.05, 0) is 43.4 Å². The maximum atomic E-state index is 9.71. The molecular weight excluding hydrogens is 266 g/mol. The van der Waals surface area contributed by atoms with Crippen molar-refractivity contribution in [1.82, 2.24) is 5.32 Å². The summed E-state index contributed by atoms with van der Waals surface area (Å²) in [4.78, 5) is 0. The van der Waals surface area contributed by atoms with E-state index in [-0.39, 0.29) is 12.1 Å². The number of hydrogen-bond donors (Lipinski definition) is 2. The lowest BCUT2D eigenvalue weighted by molar-refractivity contribution is 0.148. The first-order valence-electron chi connectivity index (χ1n) is 5.83. The van der Waals surface area contributed by atoms with Crippen LogP contribution in [0.5, 0.6) is 0 Å². The van der Waals surface area contributed by atoms with Gasteiger partial charge < -0.3 is 10.4 Å². The van der Waals surface area contributed by atoms with Crippen LogP contribution in [0.25, 0.3) is 0 Å². The second-order valence-electron chi connectivity index (χ2n) is 4.58. The molecule has 0 bridgehead atoms. The first kappa shape index (κ1) is 12.1. The Morgan fingerprint density at radius 2 is 2.25 bits per heavy atom. The largest absolute Gasteiger partial charge is 0.392 e. The number of benzene rings is 1. The van der Waals surface area contributed by atoms with Gasteiger partial charge in [-0.15, -0.1) is 0 Å². The molecule has 0 radical (unpaired) electrons. The van der Waals surface area contributed by atoms with Gasteiger partial charge in [0.05, 0.1) is 6.10 Å². The van der Waals surface area contributed by atoms with Crippen molar-refractivity contribution in [3.63, 3.8) is 0 Å². The lowest BCUT2D eigenvalue weighted by Gasteiger charge is -2.17. The Bertz CT molecular complexity index is 367. The number of aliphatic hydroxyl groups excluding tert-OH is 1. The normalized spacial score (nSPS) is 24.9. The standard InChI is InChI=1S/C13H18BrNO/c1-9-5-6-10(11(14)7-9)8-15-12-3-2-4-13(12)16/h5-7,12-13,15-16H,2-4,8H2,1H3. The number of aliphatic hydroxyl groups is 1. The van der Waals surface area contributed by atoms with E-state index in [4.69, 9.17) is 0 Å². The smallest absolute Gasteiger partial charge is 0.0693 e. The number of halogens is 1. The van der Waals surface area contributed by atoms with Gasteiger partial charge in [0.15, 0.2) is 0 Å². The molecule has 0 spiro atoms. The van der Waals surface area contributed by atoms with E-state index in [0.29, 0.717) is 0 Å². The maximum absolute atomic E-state index is 9.71. The van der Waals surface area contributed by atoms with E-state index < -0.39 is 0 Å². The third-order valence-corrected chi connectivity index (χ3v) is 3.98. The summed E-state index contributed by atoms with van der Waals surface area (Å²) >= 11 is 3.57. The number of hydrogen-bond acceptors (Lipinski definition) is 2. The van der Waals surface area contributed by atoms with Crippen LogP contribution in [0.2, 0.25) is 0 Å². The van der Waals surface area contributed by atoms with E-state index >= 15 is 0 Å². The minimum atomic E-state index is -0.163. The van der Waals surface area contributed by atoms with Crippen LogP contribution in [0, 0.1) is 6.92 Å².